The van der Waals surface area contributed by atoms with Crippen LogP contribution < -0.4 is 15.8 Å². The fourth-order valence-electron chi connectivity index (χ4n) is 5.54. The fraction of sp³-hybridized carbons (Fsp3) is 0.517. The van der Waals surface area contributed by atoms with Gasteiger partial charge in [-0.25, -0.2) is 14.8 Å². The number of ether oxygens (including phenoxy) is 1. The van der Waals surface area contributed by atoms with Gasteiger partial charge in [-0.05, 0) is 65.2 Å². The number of Topliss-reactive ketones (excluding diaryl/α,β-unsaturated/α-hetero) is 1. The monoisotopic (exact) mass is 547 g/mol. The maximum absolute atomic E-state index is 13.4. The second kappa shape index (κ2) is 10.9. The summed E-state index contributed by atoms with van der Waals surface area (Å²) in [7, 11) is 0. The zero-order valence-corrected chi connectivity index (χ0v) is 23.9. The zero-order chi connectivity index (χ0) is 28.6. The molecule has 1 aliphatic heterocycles. The molecule has 40 heavy (non-hydrogen) atoms. The minimum atomic E-state index is -0.514. The summed E-state index contributed by atoms with van der Waals surface area (Å²) in [5, 5.41) is 3.87. The van der Waals surface area contributed by atoms with Gasteiger partial charge in [0, 0.05) is 43.8 Å². The van der Waals surface area contributed by atoms with Gasteiger partial charge in [0.25, 0.3) is 5.56 Å². The Morgan fingerprint density at radius 2 is 1.73 bits per heavy atom. The summed E-state index contributed by atoms with van der Waals surface area (Å²) >= 11 is 0. The molecule has 5 rings (SSSR count). The van der Waals surface area contributed by atoms with Crippen LogP contribution in [0.3, 0.4) is 0 Å². The Morgan fingerprint density at radius 1 is 1.02 bits per heavy atom. The number of ketones is 1. The fourth-order valence-corrected chi connectivity index (χ4v) is 5.54. The molecule has 1 saturated carbocycles. The normalized spacial score (nSPS) is 16.4. The molecule has 1 N–H and O–H groups in total. The Kier molecular flexibility index (Phi) is 7.48. The summed E-state index contributed by atoms with van der Waals surface area (Å²) < 4.78 is 7.19. The predicted octanol–water partition coefficient (Wildman–Crippen LogP) is 4.61. The summed E-state index contributed by atoms with van der Waals surface area (Å²) in [4.78, 5) is 55.8. The summed E-state index contributed by atoms with van der Waals surface area (Å²) in [5.41, 5.74) is 1.53. The van der Waals surface area contributed by atoms with E-state index in [-0.39, 0.29) is 29.0 Å². The molecular weight excluding hydrogens is 510 g/mol. The van der Waals surface area contributed by atoms with Crippen LogP contribution >= 0.6 is 0 Å². The van der Waals surface area contributed by atoms with Crippen molar-refractivity contribution in [1.82, 2.24) is 24.4 Å². The lowest BCUT2D eigenvalue weighted by atomic mass is 10.0. The van der Waals surface area contributed by atoms with E-state index in [9.17, 15) is 14.4 Å². The van der Waals surface area contributed by atoms with E-state index in [0.717, 1.165) is 31.4 Å². The molecule has 3 aromatic heterocycles. The lowest BCUT2D eigenvalue weighted by molar-refractivity contribution is 0.0240. The predicted molar refractivity (Wildman–Crippen MR) is 154 cm³/mol. The van der Waals surface area contributed by atoms with Gasteiger partial charge in [0.1, 0.15) is 17.1 Å². The molecular formula is C29H37N7O4. The van der Waals surface area contributed by atoms with Gasteiger partial charge >= 0.3 is 6.09 Å². The molecule has 0 radical (unpaired) electrons. The third-order valence-electron chi connectivity index (χ3n) is 7.53. The first-order valence-corrected chi connectivity index (χ1v) is 13.9. The number of aromatic nitrogens is 4. The average Bonchev–Trinajstić information content (AvgIpc) is 3.42. The second-order valence-electron chi connectivity index (χ2n) is 11.6. The number of nitrogens with one attached hydrogen (secondary N) is 1. The van der Waals surface area contributed by atoms with Gasteiger partial charge in [-0.3, -0.25) is 14.2 Å². The van der Waals surface area contributed by atoms with Crippen LogP contribution in [0, 0.1) is 6.92 Å². The molecule has 1 saturated heterocycles. The van der Waals surface area contributed by atoms with Crippen molar-refractivity contribution in [3.63, 3.8) is 0 Å². The third-order valence-corrected chi connectivity index (χ3v) is 7.53. The lowest BCUT2D eigenvalue weighted by Gasteiger charge is -2.36. The largest absolute Gasteiger partial charge is 0.444 e. The van der Waals surface area contributed by atoms with Crippen molar-refractivity contribution in [2.45, 2.75) is 71.9 Å². The Balaban J connectivity index is 1.33. The zero-order valence-electron chi connectivity index (χ0n) is 23.9. The molecule has 11 heteroatoms. The average molecular weight is 548 g/mol. The molecule has 2 aliphatic rings. The molecule has 3 aromatic rings. The van der Waals surface area contributed by atoms with E-state index in [0.29, 0.717) is 54.5 Å². The van der Waals surface area contributed by atoms with Crippen molar-refractivity contribution in [2.24, 2.45) is 0 Å². The van der Waals surface area contributed by atoms with Crippen LogP contribution in [0.5, 0.6) is 0 Å². The van der Waals surface area contributed by atoms with Crippen molar-refractivity contribution >= 4 is 40.4 Å². The standard InChI is InChI=1S/C29H37N7O4/c1-18-22-17-31-27(33-25(22)36(20-8-6-7-9-20)26(38)24(18)19(2)37)32-23-11-10-21(16-30-23)34-12-14-35(15-13-34)28(39)40-29(3,4)5/h10-11,16-17,20H,6-9,12-15H2,1-5H3,(H,30,31,32,33). The van der Waals surface area contributed by atoms with Crippen molar-refractivity contribution in [3.05, 3.63) is 46.0 Å². The molecule has 0 bridgehead atoms. The number of hydrogen-bond donors (Lipinski definition) is 1. The van der Waals surface area contributed by atoms with Crippen LogP contribution in [0.1, 0.15) is 75.3 Å². The van der Waals surface area contributed by atoms with Crippen molar-refractivity contribution in [1.29, 1.82) is 0 Å². The number of fused-ring (bicyclic) bond motifs is 1. The van der Waals surface area contributed by atoms with Crippen molar-refractivity contribution in [2.75, 3.05) is 36.4 Å². The lowest BCUT2D eigenvalue weighted by Crippen LogP contribution is -2.50. The minimum Gasteiger partial charge on any atom is -0.444 e. The number of anilines is 3. The highest BCUT2D eigenvalue weighted by atomic mass is 16.6. The van der Waals surface area contributed by atoms with Crippen LogP contribution in [0.2, 0.25) is 0 Å². The van der Waals surface area contributed by atoms with Crippen LogP contribution in [-0.4, -0.2) is 68.1 Å². The number of carbonyl (C=O) groups is 2. The summed E-state index contributed by atoms with van der Waals surface area (Å²) in [6.07, 6.45) is 7.04. The summed E-state index contributed by atoms with van der Waals surface area (Å²) in [5.74, 6) is 0.663. The first kappa shape index (κ1) is 27.5. The molecule has 1 aliphatic carbocycles. The number of piperazine rings is 1. The maximum atomic E-state index is 13.4. The number of amides is 1. The summed E-state index contributed by atoms with van der Waals surface area (Å²) in [6, 6.07) is 3.85. The van der Waals surface area contributed by atoms with E-state index in [4.69, 9.17) is 9.72 Å². The first-order chi connectivity index (χ1) is 19.0. The quantitative estimate of drug-likeness (QED) is 0.456. The molecule has 212 valence electrons. The number of aryl methyl sites for hydroxylation is 1. The Bertz CT molecular complexity index is 1480. The second-order valence-corrected chi connectivity index (χ2v) is 11.6. The SMILES string of the molecule is CC(=O)c1c(C)c2cnc(Nc3ccc(N4CCN(C(=O)OC(C)(C)C)CC4)cn3)nc2n(C2CCCC2)c1=O. The molecule has 2 fully saturated rings. The number of pyridine rings is 2. The van der Waals surface area contributed by atoms with E-state index in [1.165, 1.54) is 6.92 Å². The Labute approximate surface area is 233 Å². The molecule has 0 spiro atoms. The van der Waals surface area contributed by atoms with Gasteiger partial charge in [-0.2, -0.15) is 4.98 Å². The van der Waals surface area contributed by atoms with E-state index < -0.39 is 5.60 Å². The van der Waals surface area contributed by atoms with Crippen LogP contribution in [-0.2, 0) is 4.74 Å². The molecule has 4 heterocycles. The first-order valence-electron chi connectivity index (χ1n) is 13.9. The van der Waals surface area contributed by atoms with Gasteiger partial charge in [-0.15, -0.1) is 0 Å². The van der Waals surface area contributed by atoms with Crippen LogP contribution in [0.25, 0.3) is 11.0 Å². The number of hydrogen-bond acceptors (Lipinski definition) is 9. The van der Waals surface area contributed by atoms with Gasteiger partial charge in [0.15, 0.2) is 5.78 Å². The van der Waals surface area contributed by atoms with Crippen LogP contribution in [0.4, 0.5) is 22.2 Å². The third kappa shape index (κ3) is 5.64. The van der Waals surface area contributed by atoms with E-state index in [2.05, 4.69) is 20.2 Å². The van der Waals surface area contributed by atoms with Gasteiger partial charge in [-0.1, -0.05) is 12.8 Å². The number of nitrogens with zero attached hydrogens (tertiary/aromatic N) is 6. The molecule has 0 aromatic carbocycles. The molecule has 0 atom stereocenters. The van der Waals surface area contributed by atoms with Crippen molar-refractivity contribution < 1.29 is 14.3 Å². The van der Waals surface area contributed by atoms with Gasteiger partial charge < -0.3 is 19.9 Å². The van der Waals surface area contributed by atoms with E-state index in [1.807, 2.05) is 32.9 Å². The summed E-state index contributed by atoms with van der Waals surface area (Å²) in [6.45, 7) is 11.3. The van der Waals surface area contributed by atoms with E-state index >= 15 is 0 Å². The van der Waals surface area contributed by atoms with E-state index in [1.54, 1.807) is 28.8 Å². The molecule has 0 unspecified atom stereocenters. The van der Waals surface area contributed by atoms with Crippen LogP contribution in [0.15, 0.2) is 29.3 Å². The topological polar surface area (TPSA) is 123 Å². The smallest absolute Gasteiger partial charge is 0.410 e. The number of rotatable bonds is 5. The highest BCUT2D eigenvalue weighted by Gasteiger charge is 2.27. The van der Waals surface area contributed by atoms with Gasteiger partial charge in [0.05, 0.1) is 17.4 Å². The minimum absolute atomic E-state index is 0.0182. The van der Waals surface area contributed by atoms with Crippen molar-refractivity contribution in [3.8, 4) is 0 Å². The number of carbonyl (C=O) groups excluding carboxylic acids is 2. The molecule has 11 nitrogen and oxygen atoms in total. The Hall–Kier alpha value is -4.02. The molecule has 1 amide bonds. The van der Waals surface area contributed by atoms with Gasteiger partial charge in [0.2, 0.25) is 5.95 Å². The Morgan fingerprint density at radius 3 is 2.33 bits per heavy atom. The maximum Gasteiger partial charge on any atom is 0.410 e. The highest BCUT2D eigenvalue weighted by Crippen LogP contribution is 2.32. The highest BCUT2D eigenvalue weighted by molar-refractivity contribution is 5.99.